The van der Waals surface area contributed by atoms with Gasteiger partial charge in [-0.05, 0) is 25.1 Å². The fourth-order valence-electron chi connectivity index (χ4n) is 1.78. The number of ether oxygens (including phenoxy) is 3. The zero-order chi connectivity index (χ0) is 17.8. The minimum atomic E-state index is -5.03. The third-order valence-corrected chi connectivity index (χ3v) is 4.73. The van der Waals surface area contributed by atoms with Crippen LogP contribution in [0.3, 0.4) is 0 Å². The lowest BCUT2D eigenvalue weighted by atomic mass is 10.3. The van der Waals surface area contributed by atoms with Crippen LogP contribution in [0.4, 0.5) is 13.2 Å². The van der Waals surface area contributed by atoms with E-state index in [1.54, 1.807) is 0 Å². The molecule has 1 unspecified atom stereocenters. The molecule has 1 aromatic rings. The Labute approximate surface area is 140 Å². The van der Waals surface area contributed by atoms with Gasteiger partial charge in [-0.1, -0.05) is 15.9 Å². The number of hydrogen-bond donors (Lipinski definition) is 1. The molecule has 1 atom stereocenters. The number of nitrogens with one attached hydrogen (secondary N) is 1. The number of alkyl halides is 3. The van der Waals surface area contributed by atoms with Gasteiger partial charge >= 0.3 is 6.36 Å². The van der Waals surface area contributed by atoms with E-state index < -0.39 is 39.4 Å². The summed E-state index contributed by atoms with van der Waals surface area (Å²) in [5.74, 6) is -0.849. The second-order valence-corrected chi connectivity index (χ2v) is 6.99. The van der Waals surface area contributed by atoms with Crippen molar-refractivity contribution >= 4 is 26.0 Å². The van der Waals surface area contributed by atoms with Gasteiger partial charge in [0.05, 0.1) is 6.04 Å². The molecule has 0 heterocycles. The van der Waals surface area contributed by atoms with E-state index >= 15 is 0 Å². The summed E-state index contributed by atoms with van der Waals surface area (Å²) in [6.45, 7) is 1.44. The number of sulfonamides is 1. The second kappa shape index (κ2) is 7.79. The van der Waals surface area contributed by atoms with Crippen LogP contribution in [0, 0.1) is 0 Å². The molecule has 1 N–H and O–H groups in total. The molecule has 0 spiro atoms. The summed E-state index contributed by atoms with van der Waals surface area (Å²) in [6.07, 6.45) is -5.94. The van der Waals surface area contributed by atoms with E-state index in [-0.39, 0.29) is 4.47 Å². The van der Waals surface area contributed by atoms with Crippen LogP contribution < -0.4 is 9.46 Å². The highest BCUT2D eigenvalue weighted by Crippen LogP contribution is 2.32. The van der Waals surface area contributed by atoms with Crippen LogP contribution in [0.15, 0.2) is 27.6 Å². The number of hydrogen-bond acceptors (Lipinski definition) is 5. The Morgan fingerprint density at radius 1 is 1.22 bits per heavy atom. The molecule has 1 aromatic carbocycles. The number of rotatable bonds is 7. The molecule has 0 aliphatic rings. The first-order valence-electron chi connectivity index (χ1n) is 6.13. The molecule has 0 radical (unpaired) electrons. The largest absolute Gasteiger partial charge is 0.573 e. The fourth-order valence-corrected chi connectivity index (χ4v) is 3.46. The van der Waals surface area contributed by atoms with Crippen molar-refractivity contribution in [3.05, 3.63) is 22.7 Å². The average molecular weight is 422 g/mol. The highest BCUT2D eigenvalue weighted by atomic mass is 79.9. The van der Waals surface area contributed by atoms with E-state index in [2.05, 4.69) is 25.4 Å². The quantitative estimate of drug-likeness (QED) is 0.685. The molecule has 6 nitrogen and oxygen atoms in total. The summed E-state index contributed by atoms with van der Waals surface area (Å²) < 4.78 is 78.0. The molecule has 0 aliphatic carbocycles. The zero-order valence-electron chi connectivity index (χ0n) is 12.3. The number of halogens is 4. The Bertz CT molecular complexity index is 634. The molecule has 0 aliphatic heterocycles. The molecular weight excluding hydrogens is 407 g/mol. The summed E-state index contributed by atoms with van der Waals surface area (Å²) in [4.78, 5) is -0.657. The third-order valence-electron chi connectivity index (χ3n) is 2.63. The first kappa shape index (κ1) is 20.2. The maximum Gasteiger partial charge on any atom is 0.573 e. The molecule has 23 heavy (non-hydrogen) atoms. The SMILES string of the molecule is COC(OC)C(C)NS(=O)(=O)c1ccc(Br)cc1OC(F)(F)F. The minimum absolute atomic E-state index is 0.232. The Morgan fingerprint density at radius 2 is 1.78 bits per heavy atom. The van der Waals surface area contributed by atoms with Gasteiger partial charge < -0.3 is 14.2 Å². The molecule has 0 fully saturated rings. The predicted octanol–water partition coefficient (Wildman–Crippen LogP) is 2.63. The monoisotopic (exact) mass is 421 g/mol. The van der Waals surface area contributed by atoms with Gasteiger partial charge in [0, 0.05) is 18.7 Å². The van der Waals surface area contributed by atoms with Crippen LogP contribution in [-0.2, 0) is 19.5 Å². The minimum Gasteiger partial charge on any atom is -0.404 e. The van der Waals surface area contributed by atoms with E-state index in [9.17, 15) is 21.6 Å². The van der Waals surface area contributed by atoms with Gasteiger partial charge in [0.15, 0.2) is 12.0 Å². The molecule has 0 aromatic heterocycles. The maximum absolute atomic E-state index is 12.4. The van der Waals surface area contributed by atoms with Crippen molar-refractivity contribution < 1.29 is 35.8 Å². The van der Waals surface area contributed by atoms with E-state index in [1.807, 2.05) is 0 Å². The van der Waals surface area contributed by atoms with Crippen LogP contribution in [0.5, 0.6) is 5.75 Å². The Balaban J connectivity index is 3.18. The van der Waals surface area contributed by atoms with E-state index in [0.717, 1.165) is 12.1 Å². The Kier molecular flexibility index (Phi) is 6.83. The third kappa shape index (κ3) is 5.92. The zero-order valence-corrected chi connectivity index (χ0v) is 14.8. The van der Waals surface area contributed by atoms with Crippen LogP contribution in [-0.4, -0.2) is 41.3 Å². The lowest BCUT2D eigenvalue weighted by Crippen LogP contribution is -2.43. The van der Waals surface area contributed by atoms with E-state index in [0.29, 0.717) is 0 Å². The predicted molar refractivity (Wildman–Crippen MR) is 78.4 cm³/mol. The van der Waals surface area contributed by atoms with Crippen LogP contribution >= 0.6 is 15.9 Å². The summed E-state index contributed by atoms with van der Waals surface area (Å²) in [7, 11) is -1.70. The summed E-state index contributed by atoms with van der Waals surface area (Å²) >= 11 is 2.96. The van der Waals surface area contributed by atoms with Crippen LogP contribution in [0.25, 0.3) is 0 Å². The normalized spacial score (nSPS) is 14.1. The van der Waals surface area contributed by atoms with Crippen LogP contribution in [0.1, 0.15) is 6.92 Å². The molecular formula is C12H15BrF3NO5S. The average Bonchev–Trinajstić information content (AvgIpc) is 2.37. The molecule has 132 valence electrons. The molecule has 0 bridgehead atoms. The van der Waals surface area contributed by atoms with Crippen molar-refractivity contribution in [1.29, 1.82) is 0 Å². The van der Waals surface area contributed by atoms with Gasteiger partial charge in [-0.15, -0.1) is 13.2 Å². The Morgan fingerprint density at radius 3 is 2.26 bits per heavy atom. The molecule has 1 rings (SSSR count). The van der Waals surface area contributed by atoms with Crippen molar-refractivity contribution in [2.45, 2.75) is 30.5 Å². The van der Waals surface area contributed by atoms with E-state index in [1.165, 1.54) is 27.2 Å². The van der Waals surface area contributed by atoms with Crippen molar-refractivity contribution in [2.24, 2.45) is 0 Å². The molecule has 0 amide bonds. The summed E-state index contributed by atoms with van der Waals surface area (Å²) in [5, 5.41) is 0. The number of methoxy groups -OCH3 is 2. The van der Waals surface area contributed by atoms with Crippen molar-refractivity contribution in [3.8, 4) is 5.75 Å². The smallest absolute Gasteiger partial charge is 0.404 e. The van der Waals surface area contributed by atoms with Crippen molar-refractivity contribution in [2.75, 3.05) is 14.2 Å². The Hall–Kier alpha value is -0.880. The standard InChI is InChI=1S/C12H15BrF3NO5S/c1-7(11(20-2)21-3)17-23(18,19)10-5-4-8(13)6-9(10)22-12(14,15)16/h4-7,11,17H,1-3H3. The first-order valence-corrected chi connectivity index (χ1v) is 8.41. The molecule has 0 saturated heterocycles. The lowest BCUT2D eigenvalue weighted by molar-refractivity contribution is -0.275. The fraction of sp³-hybridized carbons (Fsp3) is 0.500. The highest BCUT2D eigenvalue weighted by molar-refractivity contribution is 9.10. The second-order valence-electron chi connectivity index (χ2n) is 4.39. The summed E-state index contributed by atoms with van der Waals surface area (Å²) in [6, 6.07) is 2.34. The van der Waals surface area contributed by atoms with Crippen molar-refractivity contribution in [3.63, 3.8) is 0 Å². The highest BCUT2D eigenvalue weighted by Gasteiger charge is 2.35. The van der Waals surface area contributed by atoms with Gasteiger partial charge in [0.2, 0.25) is 10.0 Å². The molecule has 11 heteroatoms. The van der Waals surface area contributed by atoms with Crippen molar-refractivity contribution in [1.82, 2.24) is 4.72 Å². The van der Waals surface area contributed by atoms with Gasteiger partial charge in [-0.25, -0.2) is 13.1 Å². The first-order chi connectivity index (χ1) is 10.5. The van der Waals surface area contributed by atoms with E-state index in [4.69, 9.17) is 9.47 Å². The maximum atomic E-state index is 12.4. The number of benzene rings is 1. The topological polar surface area (TPSA) is 73.9 Å². The summed E-state index contributed by atoms with van der Waals surface area (Å²) in [5.41, 5.74) is 0. The van der Waals surface area contributed by atoms with Gasteiger partial charge in [-0.2, -0.15) is 0 Å². The van der Waals surface area contributed by atoms with Gasteiger partial charge in [0.25, 0.3) is 0 Å². The van der Waals surface area contributed by atoms with Gasteiger partial charge in [0.1, 0.15) is 4.90 Å². The van der Waals surface area contributed by atoms with Gasteiger partial charge in [-0.3, -0.25) is 0 Å². The van der Waals surface area contributed by atoms with Crippen LogP contribution in [0.2, 0.25) is 0 Å². The lowest BCUT2D eigenvalue weighted by Gasteiger charge is -2.22. The molecule has 0 saturated carbocycles.